The number of hydrogen-bond donors (Lipinski definition) is 0. The minimum atomic E-state index is -4.61. The molecule has 0 saturated heterocycles. The number of fused-ring (bicyclic) bond motifs is 2. The highest BCUT2D eigenvalue weighted by atomic mass is 32.2. The van der Waals surface area contributed by atoms with Crippen LogP contribution in [0.15, 0.2) is 17.2 Å². The van der Waals surface area contributed by atoms with Gasteiger partial charge in [-0.1, -0.05) is 6.92 Å². The summed E-state index contributed by atoms with van der Waals surface area (Å²) in [6.45, 7) is 1.48. The van der Waals surface area contributed by atoms with Gasteiger partial charge in [-0.25, -0.2) is 18.4 Å². The van der Waals surface area contributed by atoms with Crippen molar-refractivity contribution in [2.45, 2.75) is 30.8 Å². The third kappa shape index (κ3) is 2.75. The first kappa shape index (κ1) is 19.1. The number of carbonyl (C=O) groups is 1. The van der Waals surface area contributed by atoms with Crippen LogP contribution in [0.2, 0.25) is 0 Å². The number of thiophene rings is 1. The Morgan fingerprint density at radius 2 is 2.00 bits per heavy atom. The van der Waals surface area contributed by atoms with E-state index in [2.05, 4.69) is 9.97 Å². The number of halogens is 3. The molecule has 6 nitrogen and oxygen atoms in total. The van der Waals surface area contributed by atoms with E-state index in [1.165, 1.54) is 11.5 Å². The quantitative estimate of drug-likeness (QED) is 0.635. The SMILES string of the molecule is CCS(=O)(=O)c1c(-c2nc3cc(C(F)(F)F)ncc3n2C)sc2c1C(=O)CC2. The van der Waals surface area contributed by atoms with E-state index in [1.54, 1.807) is 7.05 Å². The Hall–Kier alpha value is -2.27. The molecule has 0 unspecified atom stereocenters. The van der Waals surface area contributed by atoms with Crippen molar-refractivity contribution in [1.29, 1.82) is 0 Å². The Balaban J connectivity index is 2.00. The van der Waals surface area contributed by atoms with Crippen molar-refractivity contribution in [2.75, 3.05) is 5.75 Å². The Labute approximate surface area is 162 Å². The smallest absolute Gasteiger partial charge is 0.325 e. The van der Waals surface area contributed by atoms with E-state index < -0.39 is 21.7 Å². The Morgan fingerprint density at radius 3 is 2.64 bits per heavy atom. The Bertz CT molecular complexity index is 1240. The van der Waals surface area contributed by atoms with E-state index in [9.17, 15) is 26.4 Å². The van der Waals surface area contributed by atoms with Crippen molar-refractivity contribution in [3.63, 3.8) is 0 Å². The summed E-state index contributed by atoms with van der Waals surface area (Å²) in [5.74, 6) is -0.222. The van der Waals surface area contributed by atoms with E-state index >= 15 is 0 Å². The topological polar surface area (TPSA) is 81.9 Å². The molecule has 0 saturated carbocycles. The monoisotopic (exact) mass is 429 g/mol. The summed E-state index contributed by atoms with van der Waals surface area (Å²) in [4.78, 5) is 20.9. The highest BCUT2D eigenvalue weighted by molar-refractivity contribution is 7.91. The molecule has 0 bridgehead atoms. The number of imidazole rings is 1. The standard InChI is InChI=1S/C17H14F3N3O3S2/c1-3-28(25,26)15-13-10(24)4-5-11(13)27-14(15)16-22-8-6-12(17(18,19)20)21-7-9(8)23(16)2/h6-7H,3-5H2,1-2H3. The third-order valence-electron chi connectivity index (χ3n) is 4.75. The van der Waals surface area contributed by atoms with Gasteiger partial charge in [-0.2, -0.15) is 13.2 Å². The summed E-state index contributed by atoms with van der Waals surface area (Å²) in [6.07, 6.45) is -2.84. The molecule has 3 aromatic heterocycles. The first-order valence-electron chi connectivity index (χ1n) is 8.36. The van der Waals surface area contributed by atoms with Gasteiger partial charge in [-0.15, -0.1) is 11.3 Å². The zero-order valence-electron chi connectivity index (χ0n) is 14.8. The summed E-state index contributed by atoms with van der Waals surface area (Å²) in [6, 6.07) is 0.833. The number of carbonyl (C=O) groups excluding carboxylic acids is 1. The summed E-state index contributed by atoms with van der Waals surface area (Å²) in [5, 5.41) is 0. The number of Topliss-reactive ketones (excluding diaryl/α,β-unsaturated/α-hetero) is 1. The van der Waals surface area contributed by atoms with E-state index in [1.807, 2.05) is 0 Å². The molecule has 1 aliphatic carbocycles. The number of sulfone groups is 1. The van der Waals surface area contributed by atoms with Crippen molar-refractivity contribution in [1.82, 2.24) is 14.5 Å². The van der Waals surface area contributed by atoms with Crippen molar-refractivity contribution in [3.8, 4) is 10.7 Å². The van der Waals surface area contributed by atoms with Gasteiger partial charge in [0.05, 0.1) is 38.3 Å². The molecule has 0 aliphatic heterocycles. The van der Waals surface area contributed by atoms with Gasteiger partial charge in [-0.05, 0) is 12.5 Å². The largest absolute Gasteiger partial charge is 0.433 e. The van der Waals surface area contributed by atoms with Gasteiger partial charge in [0, 0.05) is 18.3 Å². The van der Waals surface area contributed by atoms with Crippen molar-refractivity contribution < 1.29 is 26.4 Å². The molecule has 28 heavy (non-hydrogen) atoms. The number of ketones is 1. The van der Waals surface area contributed by atoms with Crippen LogP contribution < -0.4 is 0 Å². The third-order valence-corrected chi connectivity index (χ3v) is 7.91. The fourth-order valence-corrected chi connectivity index (χ4v) is 6.32. The molecule has 0 spiro atoms. The molecule has 11 heteroatoms. The normalized spacial score (nSPS) is 14.8. The predicted molar refractivity (Wildman–Crippen MR) is 97.2 cm³/mol. The Kier molecular flexibility index (Phi) is 4.16. The maximum atomic E-state index is 13.0. The molecule has 0 amide bonds. The molecule has 1 aliphatic rings. The van der Waals surface area contributed by atoms with Crippen LogP contribution in [0.25, 0.3) is 21.7 Å². The van der Waals surface area contributed by atoms with Crippen LogP contribution >= 0.6 is 11.3 Å². The van der Waals surface area contributed by atoms with Gasteiger partial charge in [-0.3, -0.25) is 4.79 Å². The molecule has 4 rings (SSSR count). The number of alkyl halides is 3. The first-order valence-corrected chi connectivity index (χ1v) is 10.8. The summed E-state index contributed by atoms with van der Waals surface area (Å²) >= 11 is 1.16. The van der Waals surface area contributed by atoms with Gasteiger partial charge in [0.25, 0.3) is 0 Å². The van der Waals surface area contributed by atoms with E-state index in [4.69, 9.17) is 0 Å². The molecule has 0 aromatic carbocycles. The van der Waals surface area contributed by atoms with Crippen LogP contribution in [0.4, 0.5) is 13.2 Å². The van der Waals surface area contributed by atoms with Crippen LogP contribution in [0, 0.1) is 0 Å². The molecule has 0 radical (unpaired) electrons. The van der Waals surface area contributed by atoms with Gasteiger partial charge < -0.3 is 4.57 Å². The minimum absolute atomic E-state index is 0.0551. The second kappa shape index (κ2) is 6.11. The second-order valence-electron chi connectivity index (χ2n) is 6.44. The van der Waals surface area contributed by atoms with Crippen LogP contribution in [0.3, 0.4) is 0 Å². The fraction of sp³-hybridized carbons (Fsp3) is 0.353. The molecule has 0 N–H and O–H groups in total. The van der Waals surface area contributed by atoms with Gasteiger partial charge in [0.1, 0.15) is 5.69 Å². The lowest BCUT2D eigenvalue weighted by molar-refractivity contribution is -0.141. The van der Waals surface area contributed by atoms with Crippen molar-refractivity contribution in [3.05, 3.63) is 28.4 Å². The number of pyridine rings is 1. The number of hydrogen-bond acceptors (Lipinski definition) is 6. The van der Waals surface area contributed by atoms with Gasteiger partial charge >= 0.3 is 6.18 Å². The van der Waals surface area contributed by atoms with Crippen LogP contribution in [-0.4, -0.2) is 34.5 Å². The Morgan fingerprint density at radius 1 is 1.29 bits per heavy atom. The lowest BCUT2D eigenvalue weighted by atomic mass is 10.2. The zero-order chi connectivity index (χ0) is 20.4. The highest BCUT2D eigenvalue weighted by Gasteiger charge is 2.37. The van der Waals surface area contributed by atoms with Gasteiger partial charge in [0.15, 0.2) is 21.4 Å². The lowest BCUT2D eigenvalue weighted by Gasteiger charge is -2.07. The average molecular weight is 429 g/mol. The average Bonchev–Trinajstić information content (AvgIpc) is 3.27. The van der Waals surface area contributed by atoms with E-state index in [-0.39, 0.29) is 44.6 Å². The molecule has 148 valence electrons. The number of aromatic nitrogens is 3. The minimum Gasteiger partial charge on any atom is -0.325 e. The molecule has 3 heterocycles. The highest BCUT2D eigenvalue weighted by Crippen LogP contribution is 2.44. The first-order chi connectivity index (χ1) is 13.0. The van der Waals surface area contributed by atoms with Crippen molar-refractivity contribution in [2.24, 2.45) is 7.05 Å². The van der Waals surface area contributed by atoms with E-state index in [0.717, 1.165) is 23.6 Å². The molecular formula is C17H14F3N3O3S2. The zero-order valence-corrected chi connectivity index (χ0v) is 16.4. The molecule has 3 aromatic rings. The maximum Gasteiger partial charge on any atom is 0.433 e. The van der Waals surface area contributed by atoms with Crippen LogP contribution in [-0.2, 0) is 29.5 Å². The lowest BCUT2D eigenvalue weighted by Crippen LogP contribution is -2.09. The summed E-state index contributed by atoms with van der Waals surface area (Å²) in [5.41, 5.74) is -0.472. The van der Waals surface area contributed by atoms with Crippen LogP contribution in [0.5, 0.6) is 0 Å². The number of rotatable bonds is 3. The molecular weight excluding hydrogens is 415 g/mol. The summed E-state index contributed by atoms with van der Waals surface area (Å²) < 4.78 is 65.8. The van der Waals surface area contributed by atoms with Crippen molar-refractivity contribution >= 4 is 38.0 Å². The summed E-state index contributed by atoms with van der Waals surface area (Å²) in [7, 11) is -2.16. The fourth-order valence-electron chi connectivity index (χ4n) is 3.31. The second-order valence-corrected chi connectivity index (χ2v) is 9.76. The maximum absolute atomic E-state index is 13.0. The van der Waals surface area contributed by atoms with Gasteiger partial charge in [0.2, 0.25) is 0 Å². The predicted octanol–water partition coefficient (Wildman–Crippen LogP) is 3.64. The number of nitrogens with zero attached hydrogens (tertiary/aromatic N) is 3. The van der Waals surface area contributed by atoms with E-state index in [0.29, 0.717) is 16.8 Å². The van der Waals surface area contributed by atoms with Crippen LogP contribution in [0.1, 0.15) is 34.3 Å². The number of aryl methyl sites for hydroxylation is 2. The molecule has 0 fully saturated rings. The molecule has 0 atom stereocenters.